The highest BCUT2D eigenvalue weighted by Crippen LogP contribution is 2.10. The van der Waals surface area contributed by atoms with Gasteiger partial charge in [-0.05, 0) is 66.6 Å². The summed E-state index contributed by atoms with van der Waals surface area (Å²) in [5.74, 6) is 0.171. The van der Waals surface area contributed by atoms with Crippen LogP contribution in [0.1, 0.15) is 31.2 Å². The molecule has 1 amide bonds. The van der Waals surface area contributed by atoms with Gasteiger partial charge in [-0.25, -0.2) is 0 Å². The average molecular weight is 374 g/mol. The maximum absolute atomic E-state index is 11.4. The number of amides is 1. The molecular formula is C15H23IN2O. The normalized spacial score (nSPS) is 10.4. The Labute approximate surface area is 129 Å². The van der Waals surface area contributed by atoms with Gasteiger partial charge in [0, 0.05) is 23.1 Å². The molecule has 19 heavy (non-hydrogen) atoms. The van der Waals surface area contributed by atoms with Gasteiger partial charge in [0.25, 0.3) is 0 Å². The standard InChI is InChI=1S/C15H23IN2O/c1-17-11-12-18-15(19)6-4-2-3-5-13-7-9-14(16)10-8-13/h7-10,17H,2-6,11-12H2,1H3,(H,18,19). The number of hydrogen-bond donors (Lipinski definition) is 2. The lowest BCUT2D eigenvalue weighted by atomic mass is 10.1. The molecule has 0 bridgehead atoms. The fraction of sp³-hybridized carbons (Fsp3) is 0.533. The zero-order valence-electron chi connectivity index (χ0n) is 11.5. The predicted octanol–water partition coefficient (Wildman–Crippen LogP) is 2.73. The van der Waals surface area contributed by atoms with Crippen LogP contribution in [-0.4, -0.2) is 26.0 Å². The van der Waals surface area contributed by atoms with E-state index in [1.165, 1.54) is 9.13 Å². The molecule has 0 saturated heterocycles. The number of benzene rings is 1. The minimum absolute atomic E-state index is 0.171. The molecule has 0 fully saturated rings. The number of nitrogens with one attached hydrogen (secondary N) is 2. The van der Waals surface area contributed by atoms with Crippen LogP contribution in [0.2, 0.25) is 0 Å². The van der Waals surface area contributed by atoms with Gasteiger partial charge in [-0.3, -0.25) is 4.79 Å². The van der Waals surface area contributed by atoms with Crippen molar-refractivity contribution >= 4 is 28.5 Å². The van der Waals surface area contributed by atoms with Crippen molar-refractivity contribution in [3.05, 3.63) is 33.4 Å². The third kappa shape index (κ3) is 8.21. The molecule has 0 atom stereocenters. The van der Waals surface area contributed by atoms with E-state index >= 15 is 0 Å². The summed E-state index contributed by atoms with van der Waals surface area (Å²) in [5.41, 5.74) is 1.39. The van der Waals surface area contributed by atoms with Crippen molar-refractivity contribution in [2.45, 2.75) is 32.1 Å². The lowest BCUT2D eigenvalue weighted by molar-refractivity contribution is -0.121. The van der Waals surface area contributed by atoms with E-state index in [9.17, 15) is 4.79 Å². The summed E-state index contributed by atoms with van der Waals surface area (Å²) >= 11 is 2.32. The lowest BCUT2D eigenvalue weighted by Gasteiger charge is -2.05. The van der Waals surface area contributed by atoms with E-state index in [1.807, 2.05) is 7.05 Å². The largest absolute Gasteiger partial charge is 0.355 e. The molecule has 1 rings (SSSR count). The van der Waals surface area contributed by atoms with Gasteiger partial charge < -0.3 is 10.6 Å². The minimum Gasteiger partial charge on any atom is -0.355 e. The highest BCUT2D eigenvalue weighted by Gasteiger charge is 2.00. The summed E-state index contributed by atoms with van der Waals surface area (Å²) < 4.78 is 1.28. The van der Waals surface area contributed by atoms with Crippen LogP contribution in [0.5, 0.6) is 0 Å². The highest BCUT2D eigenvalue weighted by atomic mass is 127. The lowest BCUT2D eigenvalue weighted by Crippen LogP contribution is -2.30. The Hall–Kier alpha value is -0.620. The first-order valence-electron chi connectivity index (χ1n) is 6.88. The Balaban J connectivity index is 2.01. The number of hydrogen-bond acceptors (Lipinski definition) is 2. The van der Waals surface area contributed by atoms with E-state index < -0.39 is 0 Å². The average Bonchev–Trinajstić information content (AvgIpc) is 2.41. The number of rotatable bonds is 9. The molecule has 106 valence electrons. The molecule has 0 aliphatic heterocycles. The van der Waals surface area contributed by atoms with Crippen LogP contribution >= 0.6 is 22.6 Å². The summed E-state index contributed by atoms with van der Waals surface area (Å²) in [6.45, 7) is 1.55. The fourth-order valence-corrected chi connectivity index (χ4v) is 2.22. The first-order chi connectivity index (χ1) is 9.22. The van der Waals surface area contributed by atoms with Gasteiger partial charge in [0.05, 0.1) is 0 Å². The summed E-state index contributed by atoms with van der Waals surface area (Å²) in [5, 5.41) is 5.90. The van der Waals surface area contributed by atoms with Crippen molar-refractivity contribution in [3.8, 4) is 0 Å². The van der Waals surface area contributed by atoms with Crippen molar-refractivity contribution in [1.82, 2.24) is 10.6 Å². The second-order valence-corrected chi connectivity index (χ2v) is 5.89. The molecule has 0 spiro atoms. The van der Waals surface area contributed by atoms with E-state index in [4.69, 9.17) is 0 Å². The predicted molar refractivity (Wildman–Crippen MR) is 88.3 cm³/mol. The second kappa shape index (κ2) is 10.2. The second-order valence-electron chi connectivity index (χ2n) is 4.64. The fourth-order valence-electron chi connectivity index (χ4n) is 1.86. The van der Waals surface area contributed by atoms with Crippen LogP contribution in [0.25, 0.3) is 0 Å². The number of unbranched alkanes of at least 4 members (excludes halogenated alkanes) is 2. The van der Waals surface area contributed by atoms with Crippen LogP contribution in [-0.2, 0) is 11.2 Å². The number of carbonyl (C=O) groups is 1. The Morgan fingerprint density at radius 1 is 1.11 bits per heavy atom. The smallest absolute Gasteiger partial charge is 0.220 e. The Kier molecular flexibility index (Phi) is 8.82. The Morgan fingerprint density at radius 2 is 1.84 bits per heavy atom. The van der Waals surface area contributed by atoms with Crippen LogP contribution < -0.4 is 10.6 Å². The minimum atomic E-state index is 0.171. The van der Waals surface area contributed by atoms with Crippen molar-refractivity contribution < 1.29 is 4.79 Å². The van der Waals surface area contributed by atoms with Gasteiger partial charge in [0.1, 0.15) is 0 Å². The molecule has 0 aliphatic rings. The van der Waals surface area contributed by atoms with E-state index in [0.717, 1.165) is 38.8 Å². The van der Waals surface area contributed by atoms with Gasteiger partial charge in [0.15, 0.2) is 0 Å². The SMILES string of the molecule is CNCCNC(=O)CCCCCc1ccc(I)cc1. The summed E-state index contributed by atoms with van der Waals surface area (Å²) in [6.07, 6.45) is 5.01. The molecule has 3 nitrogen and oxygen atoms in total. The van der Waals surface area contributed by atoms with Gasteiger partial charge in [0.2, 0.25) is 5.91 Å². The van der Waals surface area contributed by atoms with Crippen molar-refractivity contribution in [2.75, 3.05) is 20.1 Å². The number of carbonyl (C=O) groups excluding carboxylic acids is 1. The van der Waals surface area contributed by atoms with E-state index in [2.05, 4.69) is 57.5 Å². The van der Waals surface area contributed by atoms with Crippen molar-refractivity contribution in [3.63, 3.8) is 0 Å². The number of halogens is 1. The molecule has 1 aromatic carbocycles. The quantitative estimate of drug-likeness (QED) is 0.516. The Bertz CT molecular complexity index is 365. The molecule has 0 unspecified atom stereocenters. The maximum atomic E-state index is 11.4. The molecule has 1 aromatic rings. The first kappa shape index (κ1) is 16.4. The van der Waals surface area contributed by atoms with Crippen LogP contribution in [0.15, 0.2) is 24.3 Å². The molecule has 0 radical (unpaired) electrons. The zero-order chi connectivity index (χ0) is 13.9. The summed E-state index contributed by atoms with van der Waals surface area (Å²) in [7, 11) is 1.89. The summed E-state index contributed by atoms with van der Waals surface area (Å²) in [4.78, 5) is 11.4. The molecule has 0 saturated carbocycles. The van der Waals surface area contributed by atoms with Gasteiger partial charge in [-0.2, -0.15) is 0 Å². The monoisotopic (exact) mass is 374 g/mol. The van der Waals surface area contributed by atoms with Gasteiger partial charge in [-0.15, -0.1) is 0 Å². The molecule has 0 aromatic heterocycles. The third-order valence-corrected chi connectivity index (χ3v) is 3.70. The number of likely N-dealkylation sites (N-methyl/N-ethyl adjacent to an activating group) is 1. The first-order valence-corrected chi connectivity index (χ1v) is 7.96. The van der Waals surface area contributed by atoms with Gasteiger partial charge >= 0.3 is 0 Å². The van der Waals surface area contributed by atoms with Crippen molar-refractivity contribution in [2.24, 2.45) is 0 Å². The van der Waals surface area contributed by atoms with E-state index in [1.54, 1.807) is 0 Å². The Morgan fingerprint density at radius 3 is 2.53 bits per heavy atom. The molecule has 2 N–H and O–H groups in total. The molecule has 0 aliphatic carbocycles. The summed E-state index contributed by atoms with van der Waals surface area (Å²) in [6, 6.07) is 8.66. The van der Waals surface area contributed by atoms with Crippen LogP contribution in [0, 0.1) is 3.57 Å². The molecular weight excluding hydrogens is 351 g/mol. The molecule has 0 heterocycles. The van der Waals surface area contributed by atoms with Gasteiger partial charge in [-0.1, -0.05) is 18.6 Å². The molecule has 4 heteroatoms. The zero-order valence-corrected chi connectivity index (χ0v) is 13.7. The maximum Gasteiger partial charge on any atom is 0.220 e. The number of aryl methyl sites for hydroxylation is 1. The van der Waals surface area contributed by atoms with Crippen LogP contribution in [0.3, 0.4) is 0 Å². The topological polar surface area (TPSA) is 41.1 Å². The van der Waals surface area contributed by atoms with Crippen molar-refractivity contribution in [1.29, 1.82) is 0 Å². The van der Waals surface area contributed by atoms with E-state index in [0.29, 0.717) is 6.42 Å². The third-order valence-electron chi connectivity index (χ3n) is 2.98. The highest BCUT2D eigenvalue weighted by molar-refractivity contribution is 14.1. The van der Waals surface area contributed by atoms with E-state index in [-0.39, 0.29) is 5.91 Å². The van der Waals surface area contributed by atoms with Crippen LogP contribution in [0.4, 0.5) is 0 Å².